The molecular weight excluding hydrogens is 300 g/mol. The maximum atomic E-state index is 11.1. The maximum absolute atomic E-state index is 11.1. The lowest BCUT2D eigenvalue weighted by atomic mass is 10.2. The summed E-state index contributed by atoms with van der Waals surface area (Å²) in [5, 5.41) is 0. The highest BCUT2D eigenvalue weighted by Crippen LogP contribution is 1.93. The van der Waals surface area contributed by atoms with Gasteiger partial charge in [-0.3, -0.25) is 0 Å². The Bertz CT molecular complexity index is 370. The van der Waals surface area contributed by atoms with Crippen molar-refractivity contribution in [1.82, 2.24) is 11.0 Å². The number of nitrogens with one attached hydrogen (secondary N) is 2. The highest BCUT2D eigenvalue weighted by Gasteiger charge is 2.21. The Kier molecular flexibility index (Phi) is 9.07. The van der Waals surface area contributed by atoms with Gasteiger partial charge in [-0.2, -0.15) is 0 Å². The highest BCUT2D eigenvalue weighted by atomic mass is 16.8. The number of hydrogen-bond acceptors (Lipinski definition) is 8. The molecule has 0 aliphatic rings. The van der Waals surface area contributed by atoms with Crippen LogP contribution in [-0.2, 0) is 28.7 Å². The average Bonchev–Trinajstić information content (AvgIpc) is 2.45. The highest BCUT2D eigenvalue weighted by molar-refractivity contribution is 6.29. The van der Waals surface area contributed by atoms with Crippen molar-refractivity contribution in [1.29, 1.82) is 0 Å². The van der Waals surface area contributed by atoms with Crippen LogP contribution >= 0.6 is 0 Å². The van der Waals surface area contributed by atoms with E-state index >= 15 is 0 Å². The van der Waals surface area contributed by atoms with Gasteiger partial charge in [0.2, 0.25) is 0 Å². The first-order valence-corrected chi connectivity index (χ1v) is 6.49. The second kappa shape index (κ2) is 10.2. The molecular formula is C12H20N2O8. The normalized spacial score (nSPS) is 9.91. The molecule has 10 nitrogen and oxygen atoms in total. The summed E-state index contributed by atoms with van der Waals surface area (Å²) in [5.74, 6) is -2.92. The SMILES string of the molecule is CC(C)COC(=O)NOC(=O)C(=O)ONC(=O)OCC(C)C. The number of ether oxygens (including phenoxy) is 2. The van der Waals surface area contributed by atoms with Gasteiger partial charge in [-0.05, 0) is 11.8 Å². The first-order valence-electron chi connectivity index (χ1n) is 6.49. The van der Waals surface area contributed by atoms with Crippen LogP contribution < -0.4 is 11.0 Å². The predicted molar refractivity (Wildman–Crippen MR) is 70.8 cm³/mol. The minimum atomic E-state index is -1.55. The zero-order valence-corrected chi connectivity index (χ0v) is 12.8. The van der Waals surface area contributed by atoms with Crippen LogP contribution in [0.25, 0.3) is 0 Å². The second-order valence-electron chi connectivity index (χ2n) is 4.97. The molecule has 0 atom stereocenters. The zero-order valence-electron chi connectivity index (χ0n) is 12.8. The van der Waals surface area contributed by atoms with Crippen LogP contribution in [-0.4, -0.2) is 37.3 Å². The number of carbonyl (C=O) groups is 4. The van der Waals surface area contributed by atoms with E-state index < -0.39 is 24.1 Å². The molecule has 0 aromatic carbocycles. The van der Waals surface area contributed by atoms with E-state index in [9.17, 15) is 19.2 Å². The molecule has 22 heavy (non-hydrogen) atoms. The van der Waals surface area contributed by atoms with Crippen LogP contribution in [0.5, 0.6) is 0 Å². The van der Waals surface area contributed by atoms with Crippen molar-refractivity contribution in [2.75, 3.05) is 13.2 Å². The Hall–Kier alpha value is -2.52. The van der Waals surface area contributed by atoms with Gasteiger partial charge < -0.3 is 19.1 Å². The molecule has 0 spiro atoms. The van der Waals surface area contributed by atoms with E-state index in [-0.39, 0.29) is 25.0 Å². The zero-order chi connectivity index (χ0) is 17.1. The number of amides is 2. The van der Waals surface area contributed by atoms with Crippen LogP contribution in [0.15, 0.2) is 0 Å². The summed E-state index contributed by atoms with van der Waals surface area (Å²) in [7, 11) is 0. The molecule has 0 rings (SSSR count). The van der Waals surface area contributed by atoms with Gasteiger partial charge in [0.05, 0.1) is 13.2 Å². The number of hydrogen-bond donors (Lipinski definition) is 2. The fraction of sp³-hybridized carbons (Fsp3) is 0.667. The van der Waals surface area contributed by atoms with Crippen molar-refractivity contribution in [3.05, 3.63) is 0 Å². The molecule has 0 saturated carbocycles. The molecule has 0 bridgehead atoms. The molecule has 2 amide bonds. The van der Waals surface area contributed by atoms with Gasteiger partial charge in [0.1, 0.15) is 0 Å². The fourth-order valence-corrected chi connectivity index (χ4v) is 0.803. The van der Waals surface area contributed by atoms with Gasteiger partial charge in [0.15, 0.2) is 0 Å². The van der Waals surface area contributed by atoms with Crippen molar-refractivity contribution in [3.8, 4) is 0 Å². The Morgan fingerprint density at radius 1 is 0.727 bits per heavy atom. The van der Waals surface area contributed by atoms with Crippen LogP contribution in [0, 0.1) is 11.8 Å². The summed E-state index contributed by atoms with van der Waals surface area (Å²) in [6, 6.07) is 0. The Morgan fingerprint density at radius 3 is 1.32 bits per heavy atom. The molecule has 0 heterocycles. The quantitative estimate of drug-likeness (QED) is 0.439. The fourth-order valence-electron chi connectivity index (χ4n) is 0.803. The lowest BCUT2D eigenvalue weighted by molar-refractivity contribution is -0.174. The van der Waals surface area contributed by atoms with E-state index in [4.69, 9.17) is 0 Å². The summed E-state index contributed by atoms with van der Waals surface area (Å²) < 4.78 is 9.23. The Morgan fingerprint density at radius 2 is 1.05 bits per heavy atom. The van der Waals surface area contributed by atoms with Crippen LogP contribution in [0.2, 0.25) is 0 Å². The Labute approximate surface area is 127 Å². The first-order chi connectivity index (χ1) is 10.2. The predicted octanol–water partition coefficient (Wildman–Crippen LogP) is 0.667. The third-order valence-corrected chi connectivity index (χ3v) is 1.72. The summed E-state index contributed by atoms with van der Waals surface area (Å²) in [6.45, 7) is 7.44. The molecule has 0 fully saturated rings. The molecule has 0 aliphatic heterocycles. The van der Waals surface area contributed by atoms with E-state index in [2.05, 4.69) is 19.1 Å². The van der Waals surface area contributed by atoms with Crippen LogP contribution in [0.4, 0.5) is 9.59 Å². The monoisotopic (exact) mass is 320 g/mol. The van der Waals surface area contributed by atoms with Gasteiger partial charge in [0.25, 0.3) is 0 Å². The maximum Gasteiger partial charge on any atom is 0.443 e. The third kappa shape index (κ3) is 10.3. The smallest absolute Gasteiger partial charge is 0.443 e. The number of hydroxylamine groups is 2. The van der Waals surface area contributed by atoms with Crippen molar-refractivity contribution < 1.29 is 38.3 Å². The topological polar surface area (TPSA) is 129 Å². The molecule has 0 unspecified atom stereocenters. The van der Waals surface area contributed by atoms with Crippen LogP contribution in [0.3, 0.4) is 0 Å². The van der Waals surface area contributed by atoms with E-state index in [0.717, 1.165) is 0 Å². The molecule has 0 radical (unpaired) electrons. The molecule has 0 aromatic rings. The summed E-state index contributed by atoms with van der Waals surface area (Å²) in [6.07, 6.45) is -2.08. The van der Waals surface area contributed by atoms with E-state index in [1.165, 1.54) is 0 Å². The molecule has 0 aromatic heterocycles. The number of carbonyl (C=O) groups excluding carboxylic acids is 4. The lowest BCUT2D eigenvalue weighted by Gasteiger charge is -2.09. The molecule has 2 N–H and O–H groups in total. The number of rotatable bonds is 4. The lowest BCUT2D eigenvalue weighted by Crippen LogP contribution is -2.36. The third-order valence-electron chi connectivity index (χ3n) is 1.72. The van der Waals surface area contributed by atoms with E-state index in [1.807, 2.05) is 0 Å². The van der Waals surface area contributed by atoms with Gasteiger partial charge in [0, 0.05) is 0 Å². The van der Waals surface area contributed by atoms with Gasteiger partial charge in [-0.15, -0.1) is 11.0 Å². The average molecular weight is 320 g/mol. The van der Waals surface area contributed by atoms with Crippen LogP contribution in [0.1, 0.15) is 27.7 Å². The van der Waals surface area contributed by atoms with E-state index in [1.54, 1.807) is 38.7 Å². The van der Waals surface area contributed by atoms with Crippen molar-refractivity contribution in [2.24, 2.45) is 11.8 Å². The largest absolute Gasteiger partial charge is 0.447 e. The van der Waals surface area contributed by atoms with Gasteiger partial charge >= 0.3 is 24.1 Å². The Balaban J connectivity index is 3.90. The van der Waals surface area contributed by atoms with Crippen molar-refractivity contribution in [3.63, 3.8) is 0 Å². The van der Waals surface area contributed by atoms with Gasteiger partial charge in [-0.25, -0.2) is 19.2 Å². The molecule has 0 saturated heterocycles. The minimum Gasteiger partial charge on any atom is -0.447 e. The molecule has 10 heteroatoms. The minimum absolute atomic E-state index is 0.0902. The van der Waals surface area contributed by atoms with Gasteiger partial charge in [-0.1, -0.05) is 27.7 Å². The standard InChI is InChI=1S/C12H20N2O8/c1-7(2)5-19-11(17)13-21-9(15)10(16)22-14-12(18)20-6-8(3)4/h7-8H,5-6H2,1-4H3,(H,13,17)(H,14,18). The summed E-state index contributed by atoms with van der Waals surface area (Å²) >= 11 is 0. The first kappa shape index (κ1) is 19.5. The molecule has 126 valence electrons. The summed E-state index contributed by atoms with van der Waals surface area (Å²) in [5.41, 5.74) is 3.18. The molecule has 0 aliphatic carbocycles. The summed E-state index contributed by atoms with van der Waals surface area (Å²) in [4.78, 5) is 52.5. The van der Waals surface area contributed by atoms with E-state index in [0.29, 0.717) is 0 Å². The second-order valence-corrected chi connectivity index (χ2v) is 4.97. The van der Waals surface area contributed by atoms with Crippen molar-refractivity contribution >= 4 is 24.1 Å². The van der Waals surface area contributed by atoms with Crippen molar-refractivity contribution in [2.45, 2.75) is 27.7 Å².